The van der Waals surface area contributed by atoms with Gasteiger partial charge in [-0.1, -0.05) is 30.3 Å². The number of fused-ring (bicyclic) bond motifs is 1. The van der Waals surface area contributed by atoms with Crippen molar-refractivity contribution in [3.63, 3.8) is 0 Å². The summed E-state index contributed by atoms with van der Waals surface area (Å²) in [5.41, 5.74) is 3.60. The average molecular weight is 335 g/mol. The van der Waals surface area contributed by atoms with Crippen molar-refractivity contribution in [2.45, 2.75) is 12.5 Å². The molecule has 1 saturated heterocycles. The highest BCUT2D eigenvalue weighted by molar-refractivity contribution is 5.95. The van der Waals surface area contributed by atoms with Crippen molar-refractivity contribution >= 4 is 28.6 Å². The molecule has 1 aliphatic rings. The molecule has 1 atom stereocenters. The molecular weight excluding hydrogens is 318 g/mol. The van der Waals surface area contributed by atoms with Crippen molar-refractivity contribution in [1.29, 1.82) is 0 Å². The van der Waals surface area contributed by atoms with E-state index in [1.54, 1.807) is 0 Å². The number of para-hydroxylation sites is 1. The molecule has 126 valence electrons. The van der Waals surface area contributed by atoms with Crippen molar-refractivity contribution < 1.29 is 14.3 Å². The molecule has 2 amide bonds. The average Bonchev–Trinajstić information content (AvgIpc) is 3.22. The number of carbonyl (C=O) groups excluding carboxylic acids is 2. The lowest BCUT2D eigenvalue weighted by molar-refractivity contribution is -0.115. The standard InChI is InChI=1S/C19H17N3O3/c23-18(9-13-10-20-16-4-2-1-3-15(13)16)22-14-7-5-12(6-8-14)17-11-21-19(24)25-17/h1-8,10,17,20H,9,11H2,(H,21,24)(H,22,23). The number of alkyl carbamates (subject to hydrolysis) is 1. The van der Waals surface area contributed by atoms with E-state index >= 15 is 0 Å². The largest absolute Gasteiger partial charge is 0.439 e. The van der Waals surface area contributed by atoms with Gasteiger partial charge in [0.05, 0.1) is 13.0 Å². The highest BCUT2D eigenvalue weighted by atomic mass is 16.6. The van der Waals surface area contributed by atoms with Crippen LogP contribution in [0.15, 0.2) is 54.7 Å². The third kappa shape index (κ3) is 3.19. The van der Waals surface area contributed by atoms with Gasteiger partial charge in [-0.2, -0.15) is 0 Å². The number of cyclic esters (lactones) is 1. The zero-order valence-electron chi connectivity index (χ0n) is 13.4. The number of nitrogens with one attached hydrogen (secondary N) is 3. The fraction of sp³-hybridized carbons (Fsp3) is 0.158. The fourth-order valence-electron chi connectivity index (χ4n) is 3.01. The van der Waals surface area contributed by atoms with Gasteiger partial charge in [0.1, 0.15) is 6.10 Å². The van der Waals surface area contributed by atoms with Gasteiger partial charge in [-0.05, 0) is 29.3 Å². The molecule has 0 radical (unpaired) electrons. The molecule has 1 aliphatic heterocycles. The van der Waals surface area contributed by atoms with Gasteiger partial charge in [0.25, 0.3) is 0 Å². The van der Waals surface area contributed by atoms with Crippen LogP contribution in [0.1, 0.15) is 17.2 Å². The predicted molar refractivity (Wildman–Crippen MR) is 94.3 cm³/mol. The van der Waals surface area contributed by atoms with Crippen molar-refractivity contribution in [3.8, 4) is 0 Å². The Labute approximate surface area is 144 Å². The Bertz CT molecular complexity index is 930. The molecule has 0 saturated carbocycles. The van der Waals surface area contributed by atoms with Crippen LogP contribution in [-0.4, -0.2) is 23.5 Å². The number of amides is 2. The number of hydrogen-bond donors (Lipinski definition) is 3. The third-order valence-electron chi connectivity index (χ3n) is 4.27. The Morgan fingerprint density at radius 2 is 1.96 bits per heavy atom. The number of carbonyl (C=O) groups is 2. The van der Waals surface area contributed by atoms with Gasteiger partial charge in [0.2, 0.25) is 5.91 Å². The lowest BCUT2D eigenvalue weighted by Gasteiger charge is -2.10. The minimum Gasteiger partial charge on any atom is -0.439 e. The Morgan fingerprint density at radius 1 is 1.16 bits per heavy atom. The van der Waals surface area contributed by atoms with Crippen LogP contribution in [0.5, 0.6) is 0 Å². The molecule has 4 rings (SSSR count). The van der Waals surface area contributed by atoms with E-state index in [-0.39, 0.29) is 12.0 Å². The first-order chi connectivity index (χ1) is 12.2. The second-order valence-electron chi connectivity index (χ2n) is 5.98. The highest BCUT2D eigenvalue weighted by Gasteiger charge is 2.23. The maximum absolute atomic E-state index is 12.3. The maximum Gasteiger partial charge on any atom is 0.407 e. The zero-order chi connectivity index (χ0) is 17.2. The molecule has 3 N–H and O–H groups in total. The summed E-state index contributed by atoms with van der Waals surface area (Å²) in [5, 5.41) is 6.57. The quantitative estimate of drug-likeness (QED) is 0.685. The van der Waals surface area contributed by atoms with Crippen molar-refractivity contribution in [3.05, 3.63) is 65.9 Å². The summed E-state index contributed by atoms with van der Waals surface area (Å²) in [6.45, 7) is 0.463. The Hall–Kier alpha value is -3.28. The van der Waals surface area contributed by atoms with E-state index in [0.717, 1.165) is 22.0 Å². The molecule has 3 aromatic rings. The van der Waals surface area contributed by atoms with Gasteiger partial charge in [0.15, 0.2) is 0 Å². The first-order valence-corrected chi connectivity index (χ1v) is 8.08. The van der Waals surface area contributed by atoms with Crippen LogP contribution >= 0.6 is 0 Å². The minimum atomic E-state index is -0.402. The normalized spacial score (nSPS) is 16.5. The minimum absolute atomic E-state index is 0.0773. The topological polar surface area (TPSA) is 83.2 Å². The molecule has 0 spiro atoms. The van der Waals surface area contributed by atoms with Crippen molar-refractivity contribution in [1.82, 2.24) is 10.3 Å². The monoisotopic (exact) mass is 335 g/mol. The SMILES string of the molecule is O=C(Cc1c[nH]c2ccccc12)Nc1ccc(C2CNC(=O)O2)cc1. The number of H-pyrrole nitrogens is 1. The van der Waals surface area contributed by atoms with Gasteiger partial charge in [-0.25, -0.2) is 4.79 Å². The number of aromatic nitrogens is 1. The molecule has 2 heterocycles. The smallest absolute Gasteiger partial charge is 0.407 e. The number of aromatic amines is 1. The molecule has 6 heteroatoms. The van der Waals surface area contributed by atoms with Gasteiger partial charge < -0.3 is 20.4 Å². The van der Waals surface area contributed by atoms with Gasteiger partial charge in [0, 0.05) is 22.8 Å². The summed E-state index contributed by atoms with van der Waals surface area (Å²) in [4.78, 5) is 26.6. The molecule has 1 fully saturated rings. The summed E-state index contributed by atoms with van der Waals surface area (Å²) >= 11 is 0. The first kappa shape index (κ1) is 15.3. The molecular formula is C19H17N3O3. The van der Waals surface area contributed by atoms with E-state index in [1.165, 1.54) is 0 Å². The van der Waals surface area contributed by atoms with Crippen LogP contribution < -0.4 is 10.6 Å². The van der Waals surface area contributed by atoms with Crippen molar-refractivity contribution in [2.24, 2.45) is 0 Å². The van der Waals surface area contributed by atoms with Gasteiger partial charge in [-0.3, -0.25) is 4.79 Å². The number of hydrogen-bond acceptors (Lipinski definition) is 3. The lowest BCUT2D eigenvalue weighted by atomic mass is 10.1. The predicted octanol–water partition coefficient (Wildman–Crippen LogP) is 3.13. The fourth-order valence-corrected chi connectivity index (χ4v) is 3.01. The summed E-state index contributed by atoms with van der Waals surface area (Å²) in [6, 6.07) is 15.2. The summed E-state index contributed by atoms with van der Waals surface area (Å²) < 4.78 is 5.14. The zero-order valence-corrected chi connectivity index (χ0v) is 13.4. The summed E-state index contributed by atoms with van der Waals surface area (Å²) in [6.07, 6.45) is 1.50. The molecule has 2 aromatic carbocycles. The van der Waals surface area contributed by atoms with E-state index in [1.807, 2.05) is 54.7 Å². The third-order valence-corrected chi connectivity index (χ3v) is 4.27. The Kier molecular flexibility index (Phi) is 3.85. The van der Waals surface area contributed by atoms with Crippen LogP contribution in [0.3, 0.4) is 0 Å². The van der Waals surface area contributed by atoms with E-state index in [2.05, 4.69) is 15.6 Å². The van der Waals surface area contributed by atoms with E-state index < -0.39 is 6.09 Å². The second kappa shape index (κ2) is 6.32. The first-order valence-electron chi connectivity index (χ1n) is 8.08. The summed E-state index contributed by atoms with van der Waals surface area (Å²) in [7, 11) is 0. The van der Waals surface area contributed by atoms with E-state index in [4.69, 9.17) is 4.74 Å². The molecule has 25 heavy (non-hydrogen) atoms. The number of benzene rings is 2. The number of anilines is 1. The van der Waals surface area contributed by atoms with E-state index in [9.17, 15) is 9.59 Å². The van der Waals surface area contributed by atoms with Crippen LogP contribution in [0.2, 0.25) is 0 Å². The Morgan fingerprint density at radius 3 is 2.72 bits per heavy atom. The molecule has 0 aliphatic carbocycles. The molecule has 6 nitrogen and oxygen atoms in total. The second-order valence-corrected chi connectivity index (χ2v) is 5.98. The van der Waals surface area contributed by atoms with Gasteiger partial charge >= 0.3 is 6.09 Å². The Balaban J connectivity index is 1.41. The highest BCUT2D eigenvalue weighted by Crippen LogP contribution is 2.23. The molecule has 1 unspecified atom stereocenters. The molecule has 1 aromatic heterocycles. The maximum atomic E-state index is 12.3. The van der Waals surface area contributed by atoms with Crippen LogP contribution in [-0.2, 0) is 16.0 Å². The van der Waals surface area contributed by atoms with Gasteiger partial charge in [-0.15, -0.1) is 0 Å². The van der Waals surface area contributed by atoms with Crippen molar-refractivity contribution in [2.75, 3.05) is 11.9 Å². The van der Waals surface area contributed by atoms with E-state index in [0.29, 0.717) is 18.7 Å². The number of rotatable bonds is 4. The van der Waals surface area contributed by atoms with Crippen LogP contribution in [0, 0.1) is 0 Å². The molecule has 0 bridgehead atoms. The summed E-state index contributed by atoms with van der Waals surface area (Å²) in [5.74, 6) is -0.0773. The van der Waals surface area contributed by atoms with Crippen LogP contribution in [0.4, 0.5) is 10.5 Å². The number of ether oxygens (including phenoxy) is 1. The lowest BCUT2D eigenvalue weighted by Crippen LogP contribution is -2.14. The van der Waals surface area contributed by atoms with Crippen LogP contribution in [0.25, 0.3) is 10.9 Å².